The summed E-state index contributed by atoms with van der Waals surface area (Å²) in [5, 5.41) is 0. The first-order chi connectivity index (χ1) is 6.05. The SMILES string of the molecule is CC1(C)CCC(CN2CC(N)C2)O1. The molecule has 76 valence electrons. The van der Waals surface area contributed by atoms with Crippen molar-refractivity contribution < 1.29 is 4.74 Å². The van der Waals surface area contributed by atoms with E-state index in [0.717, 1.165) is 19.6 Å². The molecule has 0 aromatic rings. The second kappa shape index (κ2) is 3.23. The summed E-state index contributed by atoms with van der Waals surface area (Å²) in [7, 11) is 0. The lowest BCUT2D eigenvalue weighted by molar-refractivity contribution is -0.0379. The molecule has 2 saturated heterocycles. The van der Waals surface area contributed by atoms with Crippen molar-refractivity contribution in [2.24, 2.45) is 5.73 Å². The molecule has 2 aliphatic heterocycles. The number of hydrogen-bond acceptors (Lipinski definition) is 3. The third-order valence-electron chi connectivity index (χ3n) is 3.00. The van der Waals surface area contributed by atoms with E-state index in [0.29, 0.717) is 12.1 Å². The van der Waals surface area contributed by atoms with Crippen LogP contribution in [0.25, 0.3) is 0 Å². The number of rotatable bonds is 2. The van der Waals surface area contributed by atoms with Crippen LogP contribution in [-0.2, 0) is 4.74 Å². The molecule has 13 heavy (non-hydrogen) atoms. The van der Waals surface area contributed by atoms with Gasteiger partial charge in [-0.3, -0.25) is 4.90 Å². The highest BCUT2D eigenvalue weighted by Crippen LogP contribution is 2.30. The van der Waals surface area contributed by atoms with Gasteiger partial charge in [0.1, 0.15) is 0 Å². The fourth-order valence-electron chi connectivity index (χ4n) is 2.25. The molecule has 0 amide bonds. The number of likely N-dealkylation sites (tertiary alicyclic amines) is 1. The van der Waals surface area contributed by atoms with Crippen molar-refractivity contribution in [1.82, 2.24) is 4.90 Å². The second-order valence-electron chi connectivity index (χ2n) is 5.02. The Morgan fingerprint density at radius 3 is 2.62 bits per heavy atom. The summed E-state index contributed by atoms with van der Waals surface area (Å²) in [6, 6.07) is 0.411. The highest BCUT2D eigenvalue weighted by Gasteiger charge is 2.34. The third-order valence-corrected chi connectivity index (χ3v) is 3.00. The summed E-state index contributed by atoms with van der Waals surface area (Å²) in [6.45, 7) is 7.54. The zero-order valence-electron chi connectivity index (χ0n) is 8.62. The Bertz CT molecular complexity index is 187. The molecule has 0 saturated carbocycles. The van der Waals surface area contributed by atoms with E-state index in [1.165, 1.54) is 12.8 Å². The highest BCUT2D eigenvalue weighted by molar-refractivity contribution is 4.88. The molecule has 2 rings (SSSR count). The predicted molar refractivity (Wildman–Crippen MR) is 52.6 cm³/mol. The molecule has 0 aliphatic carbocycles. The van der Waals surface area contributed by atoms with Crippen molar-refractivity contribution in [3.05, 3.63) is 0 Å². The normalized spacial score (nSPS) is 34.8. The van der Waals surface area contributed by atoms with Crippen molar-refractivity contribution >= 4 is 0 Å². The van der Waals surface area contributed by atoms with E-state index in [1.54, 1.807) is 0 Å². The average molecular weight is 184 g/mol. The number of hydrogen-bond donors (Lipinski definition) is 1. The van der Waals surface area contributed by atoms with Gasteiger partial charge in [-0.2, -0.15) is 0 Å². The molecule has 3 heteroatoms. The Labute approximate surface area is 80.2 Å². The lowest BCUT2D eigenvalue weighted by Gasteiger charge is -2.38. The summed E-state index contributed by atoms with van der Waals surface area (Å²) in [4.78, 5) is 2.39. The Kier molecular flexibility index (Phi) is 2.34. The lowest BCUT2D eigenvalue weighted by atomic mass is 10.0. The topological polar surface area (TPSA) is 38.5 Å². The maximum atomic E-state index is 5.91. The Hall–Kier alpha value is -0.120. The van der Waals surface area contributed by atoms with Crippen LogP contribution in [0.3, 0.4) is 0 Å². The molecule has 3 nitrogen and oxygen atoms in total. The molecule has 1 unspecified atom stereocenters. The largest absolute Gasteiger partial charge is 0.371 e. The standard InChI is InChI=1S/C10H20N2O/c1-10(2)4-3-9(13-10)7-12-5-8(11)6-12/h8-9H,3-7,11H2,1-2H3. The minimum atomic E-state index is 0.109. The molecule has 2 heterocycles. The van der Waals surface area contributed by atoms with Crippen LogP contribution in [0, 0.1) is 0 Å². The monoisotopic (exact) mass is 184 g/mol. The molecule has 2 fully saturated rings. The molecule has 0 aromatic heterocycles. The van der Waals surface area contributed by atoms with E-state index in [2.05, 4.69) is 18.7 Å². The first kappa shape index (κ1) is 9.44. The smallest absolute Gasteiger partial charge is 0.0710 e. The molecule has 0 bridgehead atoms. The molecule has 2 aliphatic rings. The second-order valence-corrected chi connectivity index (χ2v) is 5.02. The summed E-state index contributed by atoms with van der Waals surface area (Å²) < 4.78 is 5.91. The van der Waals surface area contributed by atoms with E-state index < -0.39 is 0 Å². The van der Waals surface area contributed by atoms with Gasteiger partial charge in [0.15, 0.2) is 0 Å². The van der Waals surface area contributed by atoms with Crippen molar-refractivity contribution in [3.8, 4) is 0 Å². The molecular weight excluding hydrogens is 164 g/mol. The zero-order valence-corrected chi connectivity index (χ0v) is 8.62. The average Bonchev–Trinajstić information content (AvgIpc) is 2.27. The number of nitrogens with two attached hydrogens (primary N) is 1. The van der Waals surface area contributed by atoms with E-state index in [9.17, 15) is 0 Å². The Morgan fingerprint density at radius 1 is 1.46 bits per heavy atom. The van der Waals surface area contributed by atoms with Gasteiger partial charge < -0.3 is 10.5 Å². The van der Waals surface area contributed by atoms with Gasteiger partial charge in [-0.15, -0.1) is 0 Å². The Morgan fingerprint density at radius 2 is 2.15 bits per heavy atom. The van der Waals surface area contributed by atoms with E-state index >= 15 is 0 Å². The Balaban J connectivity index is 1.72. The summed E-state index contributed by atoms with van der Waals surface area (Å²) in [5.74, 6) is 0. The van der Waals surface area contributed by atoms with Crippen LogP contribution in [0.1, 0.15) is 26.7 Å². The minimum absolute atomic E-state index is 0.109. The van der Waals surface area contributed by atoms with Gasteiger partial charge in [-0.1, -0.05) is 0 Å². The maximum Gasteiger partial charge on any atom is 0.0710 e. The summed E-state index contributed by atoms with van der Waals surface area (Å²) in [6.07, 6.45) is 2.85. The van der Waals surface area contributed by atoms with Crippen LogP contribution in [0.5, 0.6) is 0 Å². The summed E-state index contributed by atoms with van der Waals surface area (Å²) in [5.41, 5.74) is 5.82. The first-order valence-corrected chi connectivity index (χ1v) is 5.21. The molecule has 2 N–H and O–H groups in total. The molecule has 0 aromatic carbocycles. The molecule has 0 spiro atoms. The maximum absolute atomic E-state index is 5.91. The van der Waals surface area contributed by atoms with E-state index in [1.807, 2.05) is 0 Å². The summed E-state index contributed by atoms with van der Waals surface area (Å²) >= 11 is 0. The van der Waals surface area contributed by atoms with Crippen molar-refractivity contribution in [2.75, 3.05) is 19.6 Å². The molecule has 0 radical (unpaired) electrons. The van der Waals surface area contributed by atoms with Gasteiger partial charge >= 0.3 is 0 Å². The minimum Gasteiger partial charge on any atom is -0.371 e. The number of ether oxygens (including phenoxy) is 1. The van der Waals surface area contributed by atoms with Gasteiger partial charge in [0, 0.05) is 25.7 Å². The van der Waals surface area contributed by atoms with Crippen LogP contribution in [0.15, 0.2) is 0 Å². The quantitative estimate of drug-likeness (QED) is 0.682. The lowest BCUT2D eigenvalue weighted by Crippen LogP contribution is -2.57. The van der Waals surface area contributed by atoms with Crippen molar-refractivity contribution in [2.45, 2.75) is 44.4 Å². The van der Waals surface area contributed by atoms with Gasteiger partial charge in [-0.25, -0.2) is 0 Å². The van der Waals surface area contributed by atoms with Crippen LogP contribution in [0.2, 0.25) is 0 Å². The van der Waals surface area contributed by atoms with Gasteiger partial charge in [0.2, 0.25) is 0 Å². The molecular formula is C10H20N2O. The van der Waals surface area contributed by atoms with Crippen molar-refractivity contribution in [1.29, 1.82) is 0 Å². The van der Waals surface area contributed by atoms with Gasteiger partial charge in [0.05, 0.1) is 11.7 Å². The number of nitrogens with zero attached hydrogens (tertiary/aromatic N) is 1. The fourth-order valence-corrected chi connectivity index (χ4v) is 2.25. The predicted octanol–water partition coefficient (Wildman–Crippen LogP) is 0.587. The van der Waals surface area contributed by atoms with E-state index in [-0.39, 0.29) is 5.60 Å². The third kappa shape index (κ3) is 2.22. The van der Waals surface area contributed by atoms with Crippen LogP contribution < -0.4 is 5.73 Å². The first-order valence-electron chi connectivity index (χ1n) is 5.21. The van der Waals surface area contributed by atoms with Crippen molar-refractivity contribution in [3.63, 3.8) is 0 Å². The van der Waals surface area contributed by atoms with Gasteiger partial charge in [0.25, 0.3) is 0 Å². The highest BCUT2D eigenvalue weighted by atomic mass is 16.5. The van der Waals surface area contributed by atoms with E-state index in [4.69, 9.17) is 10.5 Å². The van der Waals surface area contributed by atoms with Crippen LogP contribution in [0.4, 0.5) is 0 Å². The van der Waals surface area contributed by atoms with Gasteiger partial charge in [-0.05, 0) is 26.7 Å². The van der Waals surface area contributed by atoms with Crippen LogP contribution >= 0.6 is 0 Å². The fraction of sp³-hybridized carbons (Fsp3) is 1.00. The molecule has 1 atom stereocenters. The van der Waals surface area contributed by atoms with Crippen LogP contribution in [-0.4, -0.2) is 42.3 Å². The zero-order chi connectivity index (χ0) is 9.47.